The van der Waals surface area contributed by atoms with E-state index in [9.17, 15) is 9.90 Å². The topological polar surface area (TPSA) is 55.1 Å². The summed E-state index contributed by atoms with van der Waals surface area (Å²) < 4.78 is 1.92. The Bertz CT molecular complexity index is 833. The van der Waals surface area contributed by atoms with Gasteiger partial charge in [0.25, 0.3) is 0 Å². The molecule has 2 aromatic carbocycles. The number of halogens is 2. The summed E-state index contributed by atoms with van der Waals surface area (Å²) in [4.78, 5) is 15.6. The summed E-state index contributed by atoms with van der Waals surface area (Å²) in [6.45, 7) is 0.622. The fourth-order valence-electron chi connectivity index (χ4n) is 2.70. The van der Waals surface area contributed by atoms with Crippen LogP contribution in [0.4, 0.5) is 0 Å². The van der Waals surface area contributed by atoms with Crippen LogP contribution in [0.3, 0.4) is 0 Å². The number of hydrogen-bond donors (Lipinski definition) is 1. The van der Waals surface area contributed by atoms with Crippen molar-refractivity contribution in [3.8, 4) is 11.4 Å². The number of aromatic nitrogens is 2. The molecule has 0 aliphatic heterocycles. The SMILES string of the molecule is Cl.O=C(O)Cc1c(Cl)nc(-c2ccccc2)n1CCc1ccccc1. The van der Waals surface area contributed by atoms with E-state index in [0.29, 0.717) is 18.1 Å². The number of rotatable bonds is 6. The molecule has 130 valence electrons. The second-order valence-corrected chi connectivity index (χ2v) is 5.85. The van der Waals surface area contributed by atoms with Gasteiger partial charge in [-0.25, -0.2) is 4.98 Å². The van der Waals surface area contributed by atoms with E-state index in [4.69, 9.17) is 11.6 Å². The number of aryl methyl sites for hydroxylation is 1. The van der Waals surface area contributed by atoms with Crippen molar-refractivity contribution in [3.63, 3.8) is 0 Å². The molecular formula is C19H18Cl2N2O2. The lowest BCUT2D eigenvalue weighted by atomic mass is 10.1. The Kier molecular flexibility index (Phi) is 6.62. The van der Waals surface area contributed by atoms with Crippen molar-refractivity contribution in [2.24, 2.45) is 0 Å². The lowest BCUT2D eigenvalue weighted by Gasteiger charge is -2.11. The highest BCUT2D eigenvalue weighted by Crippen LogP contribution is 2.26. The average Bonchev–Trinajstić information content (AvgIpc) is 2.90. The van der Waals surface area contributed by atoms with Crippen LogP contribution in [0.25, 0.3) is 11.4 Å². The molecule has 0 amide bonds. The van der Waals surface area contributed by atoms with E-state index in [2.05, 4.69) is 17.1 Å². The molecule has 0 spiro atoms. The van der Waals surface area contributed by atoms with Gasteiger partial charge in [-0.3, -0.25) is 4.79 Å². The molecule has 0 atom stereocenters. The smallest absolute Gasteiger partial charge is 0.309 e. The number of nitrogens with zero attached hydrogens (tertiary/aromatic N) is 2. The highest BCUT2D eigenvalue weighted by molar-refractivity contribution is 6.30. The second-order valence-electron chi connectivity index (χ2n) is 5.50. The highest BCUT2D eigenvalue weighted by Gasteiger charge is 2.19. The summed E-state index contributed by atoms with van der Waals surface area (Å²) in [6, 6.07) is 19.7. The molecule has 0 aliphatic rings. The van der Waals surface area contributed by atoms with Crippen LogP contribution in [-0.4, -0.2) is 20.6 Å². The highest BCUT2D eigenvalue weighted by atomic mass is 35.5. The summed E-state index contributed by atoms with van der Waals surface area (Å²) in [6.07, 6.45) is 0.632. The van der Waals surface area contributed by atoms with E-state index in [-0.39, 0.29) is 24.0 Å². The van der Waals surface area contributed by atoms with Crippen LogP contribution in [0, 0.1) is 0 Å². The van der Waals surface area contributed by atoms with Gasteiger partial charge in [0.15, 0.2) is 5.15 Å². The molecule has 0 bridgehead atoms. The van der Waals surface area contributed by atoms with Gasteiger partial charge in [-0.05, 0) is 12.0 Å². The summed E-state index contributed by atoms with van der Waals surface area (Å²) >= 11 is 6.23. The molecule has 1 aromatic heterocycles. The lowest BCUT2D eigenvalue weighted by molar-refractivity contribution is -0.136. The van der Waals surface area contributed by atoms with Gasteiger partial charge in [0, 0.05) is 12.1 Å². The fraction of sp³-hybridized carbons (Fsp3) is 0.158. The molecule has 0 saturated carbocycles. The van der Waals surface area contributed by atoms with Gasteiger partial charge in [0.05, 0.1) is 12.1 Å². The first-order chi connectivity index (χ1) is 11.6. The Morgan fingerprint density at radius 2 is 1.64 bits per heavy atom. The average molecular weight is 377 g/mol. The Morgan fingerprint density at radius 3 is 2.24 bits per heavy atom. The normalized spacial score (nSPS) is 10.3. The Labute approximate surface area is 157 Å². The molecule has 4 nitrogen and oxygen atoms in total. The molecule has 0 unspecified atom stereocenters. The Balaban J connectivity index is 0.00000225. The summed E-state index contributed by atoms with van der Waals surface area (Å²) in [5, 5.41) is 9.44. The number of carboxylic acids is 1. The minimum Gasteiger partial charge on any atom is -0.481 e. The van der Waals surface area contributed by atoms with Crippen LogP contribution in [0.15, 0.2) is 60.7 Å². The van der Waals surface area contributed by atoms with Crippen LogP contribution in [0.1, 0.15) is 11.3 Å². The summed E-state index contributed by atoms with van der Waals surface area (Å²) in [7, 11) is 0. The molecule has 25 heavy (non-hydrogen) atoms. The van der Waals surface area contributed by atoms with Crippen molar-refractivity contribution in [2.75, 3.05) is 0 Å². The van der Waals surface area contributed by atoms with E-state index < -0.39 is 5.97 Å². The molecular weight excluding hydrogens is 359 g/mol. The lowest BCUT2D eigenvalue weighted by Crippen LogP contribution is -2.11. The molecule has 6 heteroatoms. The Hall–Kier alpha value is -2.30. The van der Waals surface area contributed by atoms with Crippen LogP contribution in [0.2, 0.25) is 5.15 Å². The van der Waals surface area contributed by atoms with Crippen molar-refractivity contribution < 1.29 is 9.90 Å². The summed E-state index contributed by atoms with van der Waals surface area (Å²) in [5.74, 6) is -0.217. The van der Waals surface area contributed by atoms with E-state index in [1.54, 1.807) is 0 Å². The number of carboxylic acid groups (broad SMARTS) is 1. The molecule has 0 fully saturated rings. The third kappa shape index (κ3) is 4.62. The van der Waals surface area contributed by atoms with Crippen molar-refractivity contribution in [1.29, 1.82) is 0 Å². The fourth-order valence-corrected chi connectivity index (χ4v) is 2.95. The largest absolute Gasteiger partial charge is 0.481 e. The third-order valence-corrected chi connectivity index (χ3v) is 4.14. The number of benzene rings is 2. The predicted molar refractivity (Wildman–Crippen MR) is 101 cm³/mol. The van der Waals surface area contributed by atoms with E-state index >= 15 is 0 Å². The minimum atomic E-state index is -0.919. The third-order valence-electron chi connectivity index (χ3n) is 3.84. The van der Waals surface area contributed by atoms with Gasteiger partial charge >= 0.3 is 5.97 Å². The van der Waals surface area contributed by atoms with Crippen molar-refractivity contribution in [3.05, 3.63) is 77.1 Å². The maximum absolute atomic E-state index is 11.2. The van der Waals surface area contributed by atoms with E-state index in [1.807, 2.05) is 53.1 Å². The first-order valence-electron chi connectivity index (χ1n) is 7.71. The minimum absolute atomic E-state index is 0. The molecule has 0 radical (unpaired) electrons. The number of hydrogen-bond acceptors (Lipinski definition) is 2. The van der Waals surface area contributed by atoms with Gasteiger partial charge in [0.1, 0.15) is 5.82 Å². The zero-order valence-corrected chi connectivity index (χ0v) is 15.0. The van der Waals surface area contributed by atoms with E-state index in [1.165, 1.54) is 5.56 Å². The Morgan fingerprint density at radius 1 is 1.04 bits per heavy atom. The molecule has 3 rings (SSSR count). The zero-order valence-electron chi connectivity index (χ0n) is 13.4. The second kappa shape index (κ2) is 8.70. The van der Waals surface area contributed by atoms with Crippen LogP contribution < -0.4 is 0 Å². The van der Waals surface area contributed by atoms with Gasteiger partial charge < -0.3 is 9.67 Å². The summed E-state index contributed by atoms with van der Waals surface area (Å²) in [5.41, 5.74) is 2.64. The van der Waals surface area contributed by atoms with Crippen LogP contribution in [-0.2, 0) is 24.2 Å². The van der Waals surface area contributed by atoms with E-state index in [0.717, 1.165) is 12.0 Å². The molecule has 0 saturated heterocycles. The molecule has 1 N–H and O–H groups in total. The van der Waals surface area contributed by atoms with Crippen LogP contribution in [0.5, 0.6) is 0 Å². The van der Waals surface area contributed by atoms with Crippen LogP contribution >= 0.6 is 24.0 Å². The maximum atomic E-state index is 11.2. The zero-order chi connectivity index (χ0) is 16.9. The van der Waals surface area contributed by atoms with Crippen molar-refractivity contribution in [1.82, 2.24) is 9.55 Å². The van der Waals surface area contributed by atoms with Gasteiger partial charge in [-0.15, -0.1) is 12.4 Å². The number of carbonyl (C=O) groups is 1. The first kappa shape index (κ1) is 19.0. The van der Waals surface area contributed by atoms with Crippen molar-refractivity contribution >= 4 is 30.0 Å². The van der Waals surface area contributed by atoms with Gasteiger partial charge in [-0.1, -0.05) is 72.3 Å². The predicted octanol–water partition coefficient (Wildman–Crippen LogP) is 4.50. The number of aliphatic carboxylic acids is 1. The maximum Gasteiger partial charge on any atom is 0.309 e. The quantitative estimate of drug-likeness (QED) is 0.689. The molecule has 1 heterocycles. The molecule has 3 aromatic rings. The molecule has 0 aliphatic carbocycles. The standard InChI is InChI=1S/C19H17ClN2O2.ClH/c20-18-16(13-17(23)24)22(12-11-14-7-3-1-4-8-14)19(21-18)15-9-5-2-6-10-15;/h1-10H,11-13H2,(H,23,24);1H. The monoisotopic (exact) mass is 376 g/mol. The van der Waals surface area contributed by atoms with Gasteiger partial charge in [0.2, 0.25) is 0 Å². The van der Waals surface area contributed by atoms with Gasteiger partial charge in [-0.2, -0.15) is 0 Å². The number of imidazole rings is 1. The van der Waals surface area contributed by atoms with Crippen molar-refractivity contribution in [2.45, 2.75) is 19.4 Å². The first-order valence-corrected chi connectivity index (χ1v) is 8.09.